The highest BCUT2D eigenvalue weighted by Gasteiger charge is 2.16. The molecule has 0 atom stereocenters. The van der Waals surface area contributed by atoms with E-state index in [0.717, 1.165) is 10.9 Å². The summed E-state index contributed by atoms with van der Waals surface area (Å²) in [6.45, 7) is 4.55. The van der Waals surface area contributed by atoms with E-state index < -0.39 is 0 Å². The summed E-state index contributed by atoms with van der Waals surface area (Å²) in [5, 5.41) is 19.4. The summed E-state index contributed by atoms with van der Waals surface area (Å²) in [6, 6.07) is 11.9. The van der Waals surface area contributed by atoms with Crippen LogP contribution in [0.15, 0.2) is 30.3 Å². The molecule has 1 N–H and O–H groups in total. The lowest BCUT2D eigenvalue weighted by molar-refractivity contribution is 0.298. The Morgan fingerprint density at radius 3 is 2.74 bits per heavy atom. The van der Waals surface area contributed by atoms with Crippen molar-refractivity contribution in [1.29, 1.82) is 5.26 Å². The smallest absolute Gasteiger partial charge is 0.147 e. The largest absolute Gasteiger partial charge is 0.395 e. The van der Waals surface area contributed by atoms with Crippen molar-refractivity contribution in [3.05, 3.63) is 35.9 Å². The van der Waals surface area contributed by atoms with Crippen LogP contribution in [0.1, 0.15) is 19.4 Å². The van der Waals surface area contributed by atoms with E-state index in [4.69, 9.17) is 0 Å². The fourth-order valence-electron chi connectivity index (χ4n) is 2.12. The maximum absolute atomic E-state index is 9.30. The molecule has 1 aromatic carbocycles. The number of fused-ring (bicyclic) bond motifs is 1. The topological polar surface area (TPSA) is 60.1 Å². The fraction of sp³-hybridized carbons (Fsp3) is 0.333. The molecule has 4 nitrogen and oxygen atoms in total. The molecule has 0 spiro atoms. The number of aliphatic hydroxyl groups is 1. The van der Waals surface area contributed by atoms with E-state index in [9.17, 15) is 10.4 Å². The highest BCUT2D eigenvalue weighted by atomic mass is 16.3. The van der Waals surface area contributed by atoms with Crippen LogP contribution in [0.3, 0.4) is 0 Å². The Hall–Kier alpha value is -2.12. The molecule has 0 aliphatic rings. The minimum atomic E-state index is 0.0392. The molecule has 0 radical (unpaired) electrons. The lowest BCUT2D eigenvalue weighted by Gasteiger charge is -2.28. The molecule has 2 aromatic rings. The minimum Gasteiger partial charge on any atom is -0.395 e. The zero-order chi connectivity index (χ0) is 13.8. The van der Waals surface area contributed by atoms with Crippen molar-refractivity contribution < 1.29 is 5.11 Å². The number of nitriles is 1. The number of anilines is 1. The van der Waals surface area contributed by atoms with Gasteiger partial charge in [0, 0.05) is 18.0 Å². The Balaban J connectivity index is 2.60. The van der Waals surface area contributed by atoms with Gasteiger partial charge in [0.15, 0.2) is 0 Å². The zero-order valence-electron chi connectivity index (χ0n) is 11.2. The molecule has 0 saturated heterocycles. The van der Waals surface area contributed by atoms with Gasteiger partial charge >= 0.3 is 0 Å². The Morgan fingerprint density at radius 2 is 2.11 bits per heavy atom. The third-order valence-electron chi connectivity index (χ3n) is 3.06. The number of para-hydroxylation sites is 1. The summed E-state index contributed by atoms with van der Waals surface area (Å²) in [7, 11) is 0. The molecular formula is C15H17N3O. The molecule has 0 unspecified atom stereocenters. The van der Waals surface area contributed by atoms with Gasteiger partial charge in [-0.05, 0) is 26.0 Å². The Bertz CT molecular complexity index is 616. The molecule has 0 aliphatic carbocycles. The maximum atomic E-state index is 9.30. The van der Waals surface area contributed by atoms with E-state index in [1.54, 1.807) is 0 Å². The standard InChI is InChI=1S/C15H17N3O/c1-11(2)18(7-8-19)15-13(10-16)9-12-5-3-4-6-14(12)17-15/h3-6,9,11,19H,7-8H2,1-2H3. The second-order valence-corrected chi connectivity index (χ2v) is 4.67. The van der Waals surface area contributed by atoms with Gasteiger partial charge in [0.25, 0.3) is 0 Å². The monoisotopic (exact) mass is 255 g/mol. The predicted octanol–water partition coefficient (Wildman–Crippen LogP) is 2.31. The predicted molar refractivity (Wildman–Crippen MR) is 76.0 cm³/mol. The molecule has 1 heterocycles. The third kappa shape index (κ3) is 2.67. The van der Waals surface area contributed by atoms with Crippen LogP contribution in [0.2, 0.25) is 0 Å². The number of nitrogens with zero attached hydrogens (tertiary/aromatic N) is 3. The van der Waals surface area contributed by atoms with Crippen molar-refractivity contribution in [2.75, 3.05) is 18.1 Å². The first-order valence-electron chi connectivity index (χ1n) is 6.34. The van der Waals surface area contributed by atoms with Crippen LogP contribution >= 0.6 is 0 Å². The number of benzene rings is 1. The summed E-state index contributed by atoms with van der Waals surface area (Å²) in [5.41, 5.74) is 1.40. The van der Waals surface area contributed by atoms with Gasteiger partial charge in [0.05, 0.1) is 17.7 Å². The van der Waals surface area contributed by atoms with Gasteiger partial charge in [-0.15, -0.1) is 0 Å². The summed E-state index contributed by atoms with van der Waals surface area (Å²) in [4.78, 5) is 6.53. The third-order valence-corrected chi connectivity index (χ3v) is 3.06. The van der Waals surface area contributed by atoms with Crippen LogP contribution in [0.5, 0.6) is 0 Å². The minimum absolute atomic E-state index is 0.0392. The van der Waals surface area contributed by atoms with Gasteiger partial charge in [-0.3, -0.25) is 0 Å². The van der Waals surface area contributed by atoms with Crippen molar-refractivity contribution in [2.45, 2.75) is 19.9 Å². The van der Waals surface area contributed by atoms with Gasteiger partial charge in [-0.2, -0.15) is 5.26 Å². The molecule has 0 bridgehead atoms. The normalized spacial score (nSPS) is 10.7. The molecule has 0 fully saturated rings. The van der Waals surface area contributed by atoms with Crippen LogP contribution in [0, 0.1) is 11.3 Å². The average molecular weight is 255 g/mol. The van der Waals surface area contributed by atoms with E-state index in [-0.39, 0.29) is 12.6 Å². The summed E-state index contributed by atoms with van der Waals surface area (Å²) < 4.78 is 0. The zero-order valence-corrected chi connectivity index (χ0v) is 11.2. The molecule has 0 amide bonds. The quantitative estimate of drug-likeness (QED) is 0.910. The van der Waals surface area contributed by atoms with Crippen LogP contribution in [-0.2, 0) is 0 Å². The van der Waals surface area contributed by atoms with Crippen LogP contribution < -0.4 is 4.90 Å². The van der Waals surface area contributed by atoms with Gasteiger partial charge < -0.3 is 10.0 Å². The maximum Gasteiger partial charge on any atom is 0.147 e. The second kappa shape index (κ2) is 5.68. The van der Waals surface area contributed by atoms with Crippen LogP contribution in [-0.4, -0.2) is 29.3 Å². The number of aliphatic hydroxyl groups excluding tert-OH is 1. The first-order valence-corrected chi connectivity index (χ1v) is 6.34. The van der Waals surface area contributed by atoms with Gasteiger partial charge in [0.2, 0.25) is 0 Å². The highest BCUT2D eigenvalue weighted by Crippen LogP contribution is 2.24. The molecule has 0 aliphatic heterocycles. The van der Waals surface area contributed by atoms with Crippen LogP contribution in [0.4, 0.5) is 5.82 Å². The molecular weight excluding hydrogens is 238 g/mol. The summed E-state index contributed by atoms with van der Waals surface area (Å²) in [5.74, 6) is 0.644. The van der Waals surface area contributed by atoms with Crippen molar-refractivity contribution in [2.24, 2.45) is 0 Å². The molecule has 19 heavy (non-hydrogen) atoms. The van der Waals surface area contributed by atoms with Gasteiger partial charge in [-0.1, -0.05) is 18.2 Å². The van der Waals surface area contributed by atoms with E-state index in [2.05, 4.69) is 11.1 Å². The SMILES string of the molecule is CC(C)N(CCO)c1nc2ccccc2cc1C#N. The fourth-order valence-corrected chi connectivity index (χ4v) is 2.12. The number of hydrogen-bond donors (Lipinski definition) is 1. The van der Waals surface area contributed by atoms with Gasteiger partial charge in [-0.25, -0.2) is 4.98 Å². The molecule has 2 rings (SSSR count). The van der Waals surface area contributed by atoms with E-state index in [1.807, 2.05) is 49.1 Å². The van der Waals surface area contributed by atoms with E-state index in [0.29, 0.717) is 17.9 Å². The molecule has 0 saturated carbocycles. The van der Waals surface area contributed by atoms with Crippen LogP contribution in [0.25, 0.3) is 10.9 Å². The molecule has 98 valence electrons. The lowest BCUT2D eigenvalue weighted by atomic mass is 10.1. The highest BCUT2D eigenvalue weighted by molar-refractivity contribution is 5.83. The molecule has 4 heteroatoms. The number of aromatic nitrogens is 1. The van der Waals surface area contributed by atoms with Crippen molar-refractivity contribution >= 4 is 16.7 Å². The number of rotatable bonds is 4. The lowest BCUT2D eigenvalue weighted by Crippen LogP contribution is -2.34. The average Bonchev–Trinajstić information content (AvgIpc) is 2.43. The number of hydrogen-bond acceptors (Lipinski definition) is 4. The van der Waals surface area contributed by atoms with Crippen molar-refractivity contribution in [3.63, 3.8) is 0 Å². The van der Waals surface area contributed by atoms with E-state index >= 15 is 0 Å². The van der Waals surface area contributed by atoms with Gasteiger partial charge in [0.1, 0.15) is 11.9 Å². The Morgan fingerprint density at radius 1 is 1.37 bits per heavy atom. The number of pyridine rings is 1. The first kappa shape index (κ1) is 13.3. The molecule has 1 aromatic heterocycles. The first-order chi connectivity index (χ1) is 9.17. The second-order valence-electron chi connectivity index (χ2n) is 4.67. The summed E-state index contributed by atoms with van der Waals surface area (Å²) >= 11 is 0. The van der Waals surface area contributed by atoms with Crippen molar-refractivity contribution in [1.82, 2.24) is 4.98 Å². The van der Waals surface area contributed by atoms with E-state index in [1.165, 1.54) is 0 Å². The summed E-state index contributed by atoms with van der Waals surface area (Å²) in [6.07, 6.45) is 0. The Kier molecular flexibility index (Phi) is 3.98. The Labute approximate surface area is 112 Å². The van der Waals surface area contributed by atoms with Crippen molar-refractivity contribution in [3.8, 4) is 6.07 Å².